The summed E-state index contributed by atoms with van der Waals surface area (Å²) >= 11 is 0. The van der Waals surface area contributed by atoms with Crippen LogP contribution in [-0.4, -0.2) is 54.0 Å². The Morgan fingerprint density at radius 1 is 1.15 bits per heavy atom. The van der Waals surface area contributed by atoms with Crippen molar-refractivity contribution in [2.45, 2.75) is 25.8 Å². The Hall–Kier alpha value is -0.160. The minimum Gasteiger partial charge on any atom is -0.396 e. The molecule has 4 nitrogen and oxygen atoms in total. The average molecular weight is 190 g/mol. The van der Waals surface area contributed by atoms with Crippen LogP contribution in [0.3, 0.4) is 0 Å². The van der Waals surface area contributed by atoms with Crippen molar-refractivity contribution in [2.75, 3.05) is 32.8 Å². The van der Waals surface area contributed by atoms with E-state index in [2.05, 4.69) is 4.90 Å². The van der Waals surface area contributed by atoms with Crippen molar-refractivity contribution in [3.8, 4) is 0 Å². The zero-order valence-electron chi connectivity index (χ0n) is 8.45. The summed E-state index contributed by atoms with van der Waals surface area (Å²) in [6.07, 6.45) is 1.55. The molecule has 0 amide bonds. The zero-order valence-corrected chi connectivity index (χ0v) is 8.45. The maximum atomic E-state index is 8.67. The maximum absolute atomic E-state index is 8.67. The van der Waals surface area contributed by atoms with Crippen molar-refractivity contribution >= 4 is 0 Å². The standard InChI is InChI=1S/C9H22N2O2/c1-9(10)8-11(4-2-6-12)5-3-7-13/h9,12-13H,2-8,10H2,1H3. The SMILES string of the molecule is CC(N)CN(CCCO)CCCO. The van der Waals surface area contributed by atoms with Crippen LogP contribution in [-0.2, 0) is 0 Å². The molecule has 0 aliphatic carbocycles. The third-order valence-corrected chi connectivity index (χ3v) is 1.81. The minimum atomic E-state index is 0.150. The third kappa shape index (κ3) is 8.18. The molecule has 0 spiro atoms. The Morgan fingerprint density at radius 2 is 1.62 bits per heavy atom. The molecule has 0 aromatic carbocycles. The van der Waals surface area contributed by atoms with Crippen molar-refractivity contribution < 1.29 is 10.2 Å². The van der Waals surface area contributed by atoms with Crippen molar-refractivity contribution in [3.05, 3.63) is 0 Å². The van der Waals surface area contributed by atoms with E-state index in [9.17, 15) is 0 Å². The van der Waals surface area contributed by atoms with Crippen LogP contribution in [0.4, 0.5) is 0 Å². The molecule has 0 rings (SSSR count). The van der Waals surface area contributed by atoms with Gasteiger partial charge in [0.1, 0.15) is 0 Å². The number of aliphatic hydroxyl groups excluding tert-OH is 2. The summed E-state index contributed by atoms with van der Waals surface area (Å²) in [6.45, 7) is 4.95. The van der Waals surface area contributed by atoms with Crippen molar-refractivity contribution in [1.82, 2.24) is 4.90 Å². The lowest BCUT2D eigenvalue weighted by molar-refractivity contribution is 0.196. The molecular weight excluding hydrogens is 168 g/mol. The van der Waals surface area contributed by atoms with Gasteiger partial charge in [-0.1, -0.05) is 0 Å². The van der Waals surface area contributed by atoms with Gasteiger partial charge in [0.25, 0.3) is 0 Å². The highest BCUT2D eigenvalue weighted by Crippen LogP contribution is 1.95. The van der Waals surface area contributed by atoms with Gasteiger partial charge in [-0.05, 0) is 19.8 Å². The van der Waals surface area contributed by atoms with Gasteiger partial charge in [0, 0.05) is 38.9 Å². The highest BCUT2D eigenvalue weighted by atomic mass is 16.3. The lowest BCUT2D eigenvalue weighted by Crippen LogP contribution is -2.37. The summed E-state index contributed by atoms with van der Waals surface area (Å²) in [5, 5.41) is 17.3. The van der Waals surface area contributed by atoms with E-state index >= 15 is 0 Å². The Kier molecular flexibility index (Phi) is 8.33. The van der Waals surface area contributed by atoms with E-state index < -0.39 is 0 Å². The number of hydrogen-bond acceptors (Lipinski definition) is 4. The molecule has 0 saturated carbocycles. The van der Waals surface area contributed by atoms with Crippen molar-refractivity contribution in [2.24, 2.45) is 5.73 Å². The van der Waals surface area contributed by atoms with E-state index in [4.69, 9.17) is 15.9 Å². The molecule has 0 aromatic rings. The summed E-state index contributed by atoms with van der Waals surface area (Å²) in [6, 6.07) is 0.150. The van der Waals surface area contributed by atoms with Gasteiger partial charge in [-0.2, -0.15) is 0 Å². The number of aliphatic hydroxyl groups is 2. The molecule has 0 saturated heterocycles. The average Bonchev–Trinajstić information content (AvgIpc) is 2.09. The first-order valence-electron chi connectivity index (χ1n) is 4.90. The van der Waals surface area contributed by atoms with Crippen molar-refractivity contribution in [3.63, 3.8) is 0 Å². The fraction of sp³-hybridized carbons (Fsp3) is 1.00. The van der Waals surface area contributed by atoms with Gasteiger partial charge in [-0.25, -0.2) is 0 Å². The van der Waals surface area contributed by atoms with Crippen LogP contribution in [0, 0.1) is 0 Å². The van der Waals surface area contributed by atoms with E-state index in [0.29, 0.717) is 0 Å². The predicted molar refractivity (Wildman–Crippen MR) is 53.5 cm³/mol. The van der Waals surface area contributed by atoms with Crippen LogP contribution in [0.1, 0.15) is 19.8 Å². The predicted octanol–water partition coefficient (Wildman–Crippen LogP) is -0.600. The third-order valence-electron chi connectivity index (χ3n) is 1.81. The molecular formula is C9H22N2O2. The van der Waals surface area contributed by atoms with E-state index in [1.165, 1.54) is 0 Å². The molecule has 80 valence electrons. The Morgan fingerprint density at radius 3 is 1.92 bits per heavy atom. The van der Waals surface area contributed by atoms with E-state index in [-0.39, 0.29) is 19.3 Å². The summed E-state index contributed by atoms with van der Waals surface area (Å²) in [5.41, 5.74) is 5.67. The van der Waals surface area contributed by atoms with Crippen LogP contribution in [0.5, 0.6) is 0 Å². The van der Waals surface area contributed by atoms with E-state index in [1.807, 2.05) is 6.92 Å². The number of hydrogen-bond donors (Lipinski definition) is 3. The van der Waals surface area contributed by atoms with Gasteiger partial charge in [-0.15, -0.1) is 0 Å². The molecule has 1 atom stereocenters. The molecule has 13 heavy (non-hydrogen) atoms. The van der Waals surface area contributed by atoms with Crippen molar-refractivity contribution in [1.29, 1.82) is 0 Å². The van der Waals surface area contributed by atoms with Gasteiger partial charge >= 0.3 is 0 Å². The highest BCUT2D eigenvalue weighted by molar-refractivity contribution is 4.64. The molecule has 0 aliphatic heterocycles. The first kappa shape index (κ1) is 12.8. The molecule has 0 heterocycles. The highest BCUT2D eigenvalue weighted by Gasteiger charge is 2.05. The second-order valence-electron chi connectivity index (χ2n) is 3.43. The molecule has 0 aromatic heterocycles. The Labute approximate surface area is 80.3 Å². The van der Waals surface area contributed by atoms with Gasteiger partial charge in [0.05, 0.1) is 0 Å². The normalized spacial score (nSPS) is 13.6. The van der Waals surface area contributed by atoms with Crippen LogP contribution in [0.15, 0.2) is 0 Å². The lowest BCUT2D eigenvalue weighted by Gasteiger charge is -2.23. The van der Waals surface area contributed by atoms with Gasteiger partial charge < -0.3 is 20.8 Å². The second-order valence-corrected chi connectivity index (χ2v) is 3.43. The largest absolute Gasteiger partial charge is 0.396 e. The maximum Gasteiger partial charge on any atom is 0.0443 e. The summed E-state index contributed by atoms with van der Waals surface area (Å²) in [7, 11) is 0. The van der Waals surface area contributed by atoms with Crippen LogP contribution in [0.2, 0.25) is 0 Å². The van der Waals surface area contributed by atoms with Gasteiger partial charge in [-0.3, -0.25) is 0 Å². The summed E-state index contributed by atoms with van der Waals surface area (Å²) in [4.78, 5) is 2.18. The molecule has 4 heteroatoms. The fourth-order valence-electron chi connectivity index (χ4n) is 1.29. The Bertz CT molecular complexity index is 102. The van der Waals surface area contributed by atoms with Crippen LogP contribution < -0.4 is 5.73 Å². The summed E-state index contributed by atoms with van der Waals surface area (Å²) in [5.74, 6) is 0. The molecule has 0 bridgehead atoms. The van der Waals surface area contributed by atoms with E-state index in [1.54, 1.807) is 0 Å². The molecule has 0 fully saturated rings. The molecule has 0 aliphatic rings. The number of nitrogens with two attached hydrogens (primary N) is 1. The molecule has 1 unspecified atom stereocenters. The second kappa shape index (κ2) is 8.44. The number of nitrogens with zero attached hydrogens (tertiary/aromatic N) is 1. The minimum absolute atomic E-state index is 0.150. The smallest absolute Gasteiger partial charge is 0.0443 e. The fourth-order valence-corrected chi connectivity index (χ4v) is 1.29. The lowest BCUT2D eigenvalue weighted by atomic mass is 10.3. The Balaban J connectivity index is 3.60. The summed E-state index contributed by atoms with van der Waals surface area (Å²) < 4.78 is 0. The first-order valence-corrected chi connectivity index (χ1v) is 4.90. The molecule has 0 radical (unpaired) electrons. The van der Waals surface area contributed by atoms with Crippen LogP contribution in [0.25, 0.3) is 0 Å². The zero-order chi connectivity index (χ0) is 10.1. The molecule has 4 N–H and O–H groups in total. The van der Waals surface area contributed by atoms with Crippen LogP contribution >= 0.6 is 0 Å². The topological polar surface area (TPSA) is 69.7 Å². The van der Waals surface area contributed by atoms with E-state index in [0.717, 1.165) is 32.5 Å². The number of rotatable bonds is 8. The first-order chi connectivity index (χ1) is 6.20. The van der Waals surface area contributed by atoms with Gasteiger partial charge in [0.15, 0.2) is 0 Å². The van der Waals surface area contributed by atoms with Gasteiger partial charge in [0.2, 0.25) is 0 Å². The quantitative estimate of drug-likeness (QED) is 0.478. The monoisotopic (exact) mass is 190 g/mol.